The van der Waals surface area contributed by atoms with Gasteiger partial charge in [0.25, 0.3) is 0 Å². The van der Waals surface area contributed by atoms with Crippen LogP contribution in [0.5, 0.6) is 0 Å². The molecule has 1 fully saturated rings. The number of hydrogen-bond acceptors (Lipinski definition) is 2. The standard InChI is InChI=1S/C19H38.2CH4O/c1-2-4-6-8-10-12-14-16-18-19-17-15-13-11-9-7-5-3-1;2*1-2/h1-19H2;2*2H,1H3. The zero-order chi connectivity index (χ0) is 17.4. The zero-order valence-corrected chi connectivity index (χ0v) is 16.3. The van der Waals surface area contributed by atoms with Crippen LogP contribution in [0.1, 0.15) is 122 Å². The summed E-state index contributed by atoms with van der Waals surface area (Å²) in [6.45, 7) is 0. The first-order valence-corrected chi connectivity index (χ1v) is 10.4. The molecule has 0 spiro atoms. The van der Waals surface area contributed by atoms with Gasteiger partial charge in [0.15, 0.2) is 0 Å². The molecule has 0 aromatic heterocycles. The molecule has 0 aliphatic heterocycles. The number of hydrogen-bond donors (Lipinski definition) is 2. The molecule has 2 heteroatoms. The maximum atomic E-state index is 7.00. The maximum absolute atomic E-state index is 7.00. The molecule has 0 unspecified atom stereocenters. The van der Waals surface area contributed by atoms with Gasteiger partial charge in [-0.3, -0.25) is 0 Å². The molecule has 2 N–H and O–H groups in total. The summed E-state index contributed by atoms with van der Waals surface area (Å²) in [5, 5.41) is 14.0. The fourth-order valence-corrected chi connectivity index (χ4v) is 3.36. The summed E-state index contributed by atoms with van der Waals surface area (Å²) >= 11 is 0. The number of rotatable bonds is 0. The Balaban J connectivity index is 0. The lowest BCUT2D eigenvalue weighted by atomic mass is 10.0. The lowest BCUT2D eigenvalue weighted by Gasteiger charge is -2.03. The van der Waals surface area contributed by atoms with Crippen molar-refractivity contribution < 1.29 is 10.2 Å². The molecular weight excluding hydrogens is 284 g/mol. The molecule has 2 nitrogen and oxygen atoms in total. The van der Waals surface area contributed by atoms with Crippen LogP contribution in [0, 0.1) is 0 Å². The normalized spacial score (nSPS) is 20.3. The van der Waals surface area contributed by atoms with Gasteiger partial charge in [0.05, 0.1) is 0 Å². The Morgan fingerprint density at radius 1 is 0.217 bits per heavy atom. The minimum atomic E-state index is 1.00. The van der Waals surface area contributed by atoms with E-state index in [2.05, 4.69) is 0 Å². The topological polar surface area (TPSA) is 40.5 Å². The van der Waals surface area contributed by atoms with E-state index in [9.17, 15) is 0 Å². The second-order valence-electron chi connectivity index (χ2n) is 6.72. The molecule has 0 atom stereocenters. The molecule has 0 amide bonds. The highest BCUT2D eigenvalue weighted by molar-refractivity contribution is 4.52. The van der Waals surface area contributed by atoms with Crippen molar-refractivity contribution >= 4 is 0 Å². The molecule has 0 aromatic rings. The Bertz CT molecular complexity index is 90.5. The highest BCUT2D eigenvalue weighted by atomic mass is 16.2. The van der Waals surface area contributed by atoms with E-state index >= 15 is 0 Å². The summed E-state index contributed by atoms with van der Waals surface area (Å²) in [5.41, 5.74) is 0. The van der Waals surface area contributed by atoms with Crippen molar-refractivity contribution in [2.45, 2.75) is 122 Å². The van der Waals surface area contributed by atoms with Gasteiger partial charge in [-0.1, -0.05) is 122 Å². The minimum Gasteiger partial charge on any atom is -0.400 e. The van der Waals surface area contributed by atoms with Crippen molar-refractivity contribution in [1.29, 1.82) is 0 Å². The van der Waals surface area contributed by atoms with Crippen LogP contribution in [0.3, 0.4) is 0 Å². The van der Waals surface area contributed by atoms with Crippen LogP contribution in [-0.4, -0.2) is 24.4 Å². The molecule has 1 aliphatic rings. The van der Waals surface area contributed by atoms with Gasteiger partial charge in [-0.15, -0.1) is 0 Å². The first kappa shape index (κ1) is 25.2. The summed E-state index contributed by atoms with van der Waals surface area (Å²) < 4.78 is 0. The molecule has 1 saturated carbocycles. The van der Waals surface area contributed by atoms with E-state index in [-0.39, 0.29) is 0 Å². The average Bonchev–Trinajstić information content (AvgIpc) is 2.62. The zero-order valence-electron chi connectivity index (χ0n) is 16.3. The molecule has 0 bridgehead atoms. The molecule has 142 valence electrons. The van der Waals surface area contributed by atoms with Gasteiger partial charge in [-0.25, -0.2) is 0 Å². The summed E-state index contributed by atoms with van der Waals surface area (Å²) in [5.74, 6) is 0. The molecule has 23 heavy (non-hydrogen) atoms. The van der Waals surface area contributed by atoms with Gasteiger partial charge in [-0.2, -0.15) is 0 Å². The number of aliphatic hydroxyl groups is 2. The van der Waals surface area contributed by atoms with Crippen LogP contribution in [0.25, 0.3) is 0 Å². The van der Waals surface area contributed by atoms with Crippen molar-refractivity contribution in [3.8, 4) is 0 Å². The average molecular weight is 331 g/mol. The third-order valence-electron chi connectivity index (χ3n) is 4.75. The van der Waals surface area contributed by atoms with Crippen LogP contribution < -0.4 is 0 Å². The van der Waals surface area contributed by atoms with E-state index in [0.29, 0.717) is 0 Å². The molecule has 0 radical (unpaired) electrons. The van der Waals surface area contributed by atoms with Gasteiger partial charge in [0.2, 0.25) is 0 Å². The van der Waals surface area contributed by atoms with E-state index in [1.807, 2.05) is 0 Å². The van der Waals surface area contributed by atoms with Crippen molar-refractivity contribution in [2.75, 3.05) is 14.2 Å². The van der Waals surface area contributed by atoms with Gasteiger partial charge < -0.3 is 10.2 Å². The third kappa shape index (κ3) is 24.3. The second-order valence-corrected chi connectivity index (χ2v) is 6.72. The summed E-state index contributed by atoms with van der Waals surface area (Å²) in [6, 6.07) is 0. The molecule has 1 rings (SSSR count). The van der Waals surface area contributed by atoms with Gasteiger partial charge in [-0.05, 0) is 0 Å². The van der Waals surface area contributed by atoms with Crippen molar-refractivity contribution in [1.82, 2.24) is 0 Å². The SMILES string of the molecule is C1CCCCCCCCCCCCCCCCCC1.CO.CO. The minimum absolute atomic E-state index is 1.00. The highest BCUT2D eigenvalue weighted by Crippen LogP contribution is 2.16. The van der Waals surface area contributed by atoms with Crippen LogP contribution in [0.15, 0.2) is 0 Å². The van der Waals surface area contributed by atoms with Crippen LogP contribution in [0.2, 0.25) is 0 Å². The van der Waals surface area contributed by atoms with Gasteiger partial charge in [0.1, 0.15) is 0 Å². The fraction of sp³-hybridized carbons (Fsp3) is 1.00. The van der Waals surface area contributed by atoms with Crippen LogP contribution in [-0.2, 0) is 0 Å². The van der Waals surface area contributed by atoms with E-state index in [1.54, 1.807) is 0 Å². The molecule has 0 aromatic carbocycles. The molecule has 0 heterocycles. The maximum Gasteiger partial charge on any atom is 0.0319 e. The second kappa shape index (κ2) is 26.8. The Labute approximate surface area is 147 Å². The van der Waals surface area contributed by atoms with Gasteiger partial charge in [0, 0.05) is 14.2 Å². The Morgan fingerprint density at radius 2 is 0.261 bits per heavy atom. The van der Waals surface area contributed by atoms with E-state index in [1.165, 1.54) is 122 Å². The van der Waals surface area contributed by atoms with Crippen molar-refractivity contribution in [2.24, 2.45) is 0 Å². The smallest absolute Gasteiger partial charge is 0.0319 e. The van der Waals surface area contributed by atoms with E-state index in [0.717, 1.165) is 14.2 Å². The predicted octanol–water partition coefficient (Wildman–Crippen LogP) is 6.63. The van der Waals surface area contributed by atoms with Crippen molar-refractivity contribution in [3.63, 3.8) is 0 Å². The fourth-order valence-electron chi connectivity index (χ4n) is 3.36. The molecule has 1 aliphatic carbocycles. The lowest BCUT2D eigenvalue weighted by molar-refractivity contribution is 0.399. The Kier molecular flexibility index (Phi) is 29.3. The van der Waals surface area contributed by atoms with Gasteiger partial charge >= 0.3 is 0 Å². The summed E-state index contributed by atoms with van der Waals surface area (Å²) in [7, 11) is 2.00. The lowest BCUT2D eigenvalue weighted by Crippen LogP contribution is -1.83. The third-order valence-corrected chi connectivity index (χ3v) is 4.75. The summed E-state index contributed by atoms with van der Waals surface area (Å²) in [4.78, 5) is 0. The monoisotopic (exact) mass is 330 g/mol. The quantitative estimate of drug-likeness (QED) is 0.523. The predicted molar refractivity (Wildman–Crippen MR) is 104 cm³/mol. The van der Waals surface area contributed by atoms with Crippen LogP contribution in [0.4, 0.5) is 0 Å². The molecule has 0 saturated heterocycles. The van der Waals surface area contributed by atoms with Crippen molar-refractivity contribution in [3.05, 3.63) is 0 Å². The highest BCUT2D eigenvalue weighted by Gasteiger charge is 1.96. The Hall–Kier alpha value is -0.0800. The largest absolute Gasteiger partial charge is 0.400 e. The van der Waals surface area contributed by atoms with E-state index in [4.69, 9.17) is 10.2 Å². The first-order chi connectivity index (χ1) is 11.5. The number of aliphatic hydroxyl groups excluding tert-OH is 2. The summed E-state index contributed by atoms with van der Waals surface area (Å²) in [6.07, 6.45) is 28.5. The Morgan fingerprint density at radius 3 is 0.304 bits per heavy atom. The van der Waals surface area contributed by atoms with E-state index < -0.39 is 0 Å². The molecular formula is C21H46O2. The van der Waals surface area contributed by atoms with Crippen LogP contribution >= 0.6 is 0 Å². The first-order valence-electron chi connectivity index (χ1n) is 10.4.